The van der Waals surface area contributed by atoms with Crippen LogP contribution in [0.1, 0.15) is 43.6 Å². The zero-order valence-electron chi connectivity index (χ0n) is 12.0. The molecule has 1 aliphatic rings. The third kappa shape index (κ3) is 3.80. The third-order valence-corrected chi connectivity index (χ3v) is 5.21. The molecule has 0 unspecified atom stereocenters. The molecule has 1 N–H and O–H groups in total. The summed E-state index contributed by atoms with van der Waals surface area (Å²) in [4.78, 5) is 0.147. The summed E-state index contributed by atoms with van der Waals surface area (Å²) in [6.45, 7) is 4.17. The first-order valence-electron chi connectivity index (χ1n) is 7.05. The Kier molecular flexibility index (Phi) is 5.17. The predicted octanol–water partition coefficient (Wildman–Crippen LogP) is 1.92. The first-order valence-corrected chi connectivity index (χ1v) is 8.53. The van der Waals surface area contributed by atoms with E-state index in [1.165, 1.54) is 12.8 Å². The largest absolute Gasteiger partial charge is 0.378 e. The lowest BCUT2D eigenvalue weighted by molar-refractivity contribution is 0.0575. The molecule has 0 aromatic carbocycles. The van der Waals surface area contributed by atoms with Crippen molar-refractivity contribution in [2.75, 3.05) is 13.2 Å². The van der Waals surface area contributed by atoms with E-state index in [0.29, 0.717) is 37.1 Å². The standard InChI is InChI=1S/C13H22N2O4S/c1-10-13(11(2)19-15-10)20(16,17)14-8-5-9-18-12-6-3-4-7-12/h12,14H,3-9H2,1-2H3. The van der Waals surface area contributed by atoms with Gasteiger partial charge in [-0.15, -0.1) is 0 Å². The number of sulfonamides is 1. The molecule has 2 rings (SSSR count). The summed E-state index contributed by atoms with van der Waals surface area (Å²) < 4.78 is 37.3. The molecule has 1 fully saturated rings. The van der Waals surface area contributed by atoms with Crippen molar-refractivity contribution in [1.82, 2.24) is 9.88 Å². The summed E-state index contributed by atoms with van der Waals surface area (Å²) in [7, 11) is -3.54. The predicted molar refractivity (Wildman–Crippen MR) is 74.0 cm³/mol. The Bertz CT molecular complexity index is 513. The van der Waals surface area contributed by atoms with Crippen LogP contribution in [0.2, 0.25) is 0 Å². The molecule has 1 aromatic rings. The van der Waals surface area contributed by atoms with Gasteiger partial charge in [-0.05, 0) is 33.1 Å². The van der Waals surface area contributed by atoms with Crippen LogP contribution in [0.4, 0.5) is 0 Å². The van der Waals surface area contributed by atoms with Gasteiger partial charge in [-0.3, -0.25) is 0 Å². The van der Waals surface area contributed by atoms with E-state index in [1.807, 2.05) is 0 Å². The van der Waals surface area contributed by atoms with Gasteiger partial charge in [-0.1, -0.05) is 18.0 Å². The maximum atomic E-state index is 12.1. The lowest BCUT2D eigenvalue weighted by Crippen LogP contribution is -2.26. The smallest absolute Gasteiger partial charge is 0.245 e. The Morgan fingerprint density at radius 3 is 2.65 bits per heavy atom. The molecule has 114 valence electrons. The van der Waals surface area contributed by atoms with Gasteiger partial charge in [0.15, 0.2) is 5.76 Å². The van der Waals surface area contributed by atoms with E-state index in [9.17, 15) is 8.42 Å². The second kappa shape index (κ2) is 6.69. The molecule has 0 radical (unpaired) electrons. The molecule has 1 aromatic heterocycles. The highest BCUT2D eigenvalue weighted by molar-refractivity contribution is 7.89. The maximum absolute atomic E-state index is 12.1. The van der Waals surface area contributed by atoms with Crippen LogP contribution in [0, 0.1) is 13.8 Å². The van der Waals surface area contributed by atoms with Crippen LogP contribution in [0.5, 0.6) is 0 Å². The van der Waals surface area contributed by atoms with Gasteiger partial charge >= 0.3 is 0 Å². The second-order valence-corrected chi connectivity index (χ2v) is 6.89. The van der Waals surface area contributed by atoms with E-state index in [2.05, 4.69) is 9.88 Å². The van der Waals surface area contributed by atoms with E-state index in [0.717, 1.165) is 12.8 Å². The van der Waals surface area contributed by atoms with Gasteiger partial charge in [0.25, 0.3) is 0 Å². The van der Waals surface area contributed by atoms with Gasteiger partial charge in [0.2, 0.25) is 10.0 Å². The van der Waals surface area contributed by atoms with Crippen molar-refractivity contribution in [3.63, 3.8) is 0 Å². The highest BCUT2D eigenvalue weighted by Gasteiger charge is 2.23. The fourth-order valence-corrected chi connectivity index (χ4v) is 3.91. The number of ether oxygens (including phenoxy) is 1. The number of rotatable bonds is 7. The van der Waals surface area contributed by atoms with Gasteiger partial charge in [0.05, 0.1) is 6.10 Å². The number of aryl methyl sites for hydroxylation is 2. The molecule has 20 heavy (non-hydrogen) atoms. The highest BCUT2D eigenvalue weighted by Crippen LogP contribution is 2.21. The summed E-state index contributed by atoms with van der Waals surface area (Å²) in [5, 5.41) is 3.66. The normalized spacial score (nSPS) is 16.9. The number of aromatic nitrogens is 1. The average Bonchev–Trinajstić information content (AvgIpc) is 2.99. The second-order valence-electron chi connectivity index (χ2n) is 5.18. The summed E-state index contributed by atoms with van der Waals surface area (Å²) in [6, 6.07) is 0. The van der Waals surface area contributed by atoms with E-state index in [4.69, 9.17) is 9.26 Å². The molecule has 0 aliphatic heterocycles. The van der Waals surface area contributed by atoms with Crippen molar-refractivity contribution in [2.45, 2.75) is 57.0 Å². The van der Waals surface area contributed by atoms with Crippen molar-refractivity contribution in [3.05, 3.63) is 11.5 Å². The van der Waals surface area contributed by atoms with Crippen molar-refractivity contribution in [1.29, 1.82) is 0 Å². The number of nitrogens with one attached hydrogen (secondary N) is 1. The van der Waals surface area contributed by atoms with Gasteiger partial charge in [0.1, 0.15) is 10.6 Å². The molecular formula is C13H22N2O4S. The Morgan fingerprint density at radius 1 is 1.35 bits per heavy atom. The first kappa shape index (κ1) is 15.5. The van der Waals surface area contributed by atoms with Crippen LogP contribution < -0.4 is 4.72 Å². The third-order valence-electron chi connectivity index (χ3n) is 3.51. The number of hydrogen-bond donors (Lipinski definition) is 1. The Morgan fingerprint density at radius 2 is 2.05 bits per heavy atom. The molecule has 0 saturated heterocycles. The van der Waals surface area contributed by atoms with Crippen LogP contribution >= 0.6 is 0 Å². The number of hydrogen-bond acceptors (Lipinski definition) is 5. The van der Waals surface area contributed by atoms with Crippen molar-refractivity contribution < 1.29 is 17.7 Å². The summed E-state index contributed by atoms with van der Waals surface area (Å²) >= 11 is 0. The maximum Gasteiger partial charge on any atom is 0.245 e. The molecule has 1 heterocycles. The van der Waals surface area contributed by atoms with Gasteiger partial charge in [-0.25, -0.2) is 13.1 Å². The monoisotopic (exact) mass is 302 g/mol. The van der Waals surface area contributed by atoms with Crippen LogP contribution in [0.15, 0.2) is 9.42 Å². The molecule has 0 bridgehead atoms. The molecule has 7 heteroatoms. The fraction of sp³-hybridized carbons (Fsp3) is 0.769. The fourth-order valence-electron chi connectivity index (χ4n) is 2.51. The first-order chi connectivity index (χ1) is 9.50. The van der Waals surface area contributed by atoms with Gasteiger partial charge in [-0.2, -0.15) is 0 Å². The van der Waals surface area contributed by atoms with Crippen molar-refractivity contribution >= 4 is 10.0 Å². The van der Waals surface area contributed by atoms with Crippen LogP contribution in [-0.2, 0) is 14.8 Å². The quantitative estimate of drug-likeness (QED) is 0.778. The van der Waals surface area contributed by atoms with Gasteiger partial charge < -0.3 is 9.26 Å². The molecule has 6 nitrogen and oxygen atoms in total. The highest BCUT2D eigenvalue weighted by atomic mass is 32.2. The van der Waals surface area contributed by atoms with Crippen LogP contribution in [0.3, 0.4) is 0 Å². The minimum atomic E-state index is -3.54. The molecule has 0 amide bonds. The zero-order valence-corrected chi connectivity index (χ0v) is 12.8. The molecule has 1 saturated carbocycles. The summed E-state index contributed by atoms with van der Waals surface area (Å²) in [6.07, 6.45) is 5.77. The Balaban J connectivity index is 1.75. The molecule has 0 atom stereocenters. The van der Waals surface area contributed by atoms with E-state index < -0.39 is 10.0 Å². The van der Waals surface area contributed by atoms with E-state index in [-0.39, 0.29) is 4.90 Å². The summed E-state index contributed by atoms with van der Waals surface area (Å²) in [5.41, 5.74) is 0.386. The topological polar surface area (TPSA) is 81.4 Å². The lowest BCUT2D eigenvalue weighted by Gasteiger charge is -2.11. The summed E-state index contributed by atoms with van der Waals surface area (Å²) in [5.74, 6) is 0.317. The van der Waals surface area contributed by atoms with Crippen molar-refractivity contribution in [2.24, 2.45) is 0 Å². The minimum Gasteiger partial charge on any atom is -0.378 e. The molecule has 1 aliphatic carbocycles. The molecular weight excluding hydrogens is 280 g/mol. The van der Waals surface area contributed by atoms with Crippen LogP contribution in [0.25, 0.3) is 0 Å². The SMILES string of the molecule is Cc1noc(C)c1S(=O)(=O)NCCCOC1CCCC1. The average molecular weight is 302 g/mol. The Labute approximate surface area is 119 Å². The minimum absolute atomic E-state index is 0.147. The van der Waals surface area contributed by atoms with Crippen LogP contribution in [-0.4, -0.2) is 32.8 Å². The zero-order chi connectivity index (χ0) is 14.6. The number of nitrogens with zero attached hydrogens (tertiary/aromatic N) is 1. The van der Waals surface area contributed by atoms with Crippen molar-refractivity contribution in [3.8, 4) is 0 Å². The lowest BCUT2D eigenvalue weighted by atomic mass is 10.3. The Hall–Kier alpha value is -0.920. The van der Waals surface area contributed by atoms with E-state index in [1.54, 1.807) is 13.8 Å². The molecule has 0 spiro atoms. The van der Waals surface area contributed by atoms with E-state index >= 15 is 0 Å². The van der Waals surface area contributed by atoms with Gasteiger partial charge in [0, 0.05) is 13.2 Å².